The molecule has 2 rings (SSSR count). The Morgan fingerprint density at radius 2 is 1.80 bits per heavy atom. The van der Waals surface area contributed by atoms with Crippen LogP contribution in [0.5, 0.6) is 5.75 Å². The number of carbonyl (C=O) groups excluding carboxylic acids is 2. The lowest BCUT2D eigenvalue weighted by Crippen LogP contribution is -2.27. The molecule has 0 saturated carbocycles. The first-order chi connectivity index (χ1) is 11.9. The quantitative estimate of drug-likeness (QED) is 0.804. The van der Waals surface area contributed by atoms with E-state index in [0.717, 1.165) is 10.5 Å². The molecule has 0 atom stereocenters. The van der Waals surface area contributed by atoms with Crippen LogP contribution in [0.25, 0.3) is 0 Å². The predicted molar refractivity (Wildman–Crippen MR) is 102 cm³/mol. The van der Waals surface area contributed by atoms with E-state index in [1.807, 2.05) is 31.4 Å². The summed E-state index contributed by atoms with van der Waals surface area (Å²) in [5.74, 6) is 0.320. The van der Waals surface area contributed by atoms with Crippen molar-refractivity contribution in [3.63, 3.8) is 0 Å². The molecule has 0 spiro atoms. The molecule has 0 aromatic heterocycles. The molecular weight excluding hydrogens is 336 g/mol. The van der Waals surface area contributed by atoms with Gasteiger partial charge in [-0.1, -0.05) is 6.07 Å². The highest BCUT2D eigenvalue weighted by atomic mass is 32.2. The molecule has 132 valence electrons. The Hall–Kier alpha value is -2.47. The molecule has 25 heavy (non-hydrogen) atoms. The minimum atomic E-state index is -0.148. The molecule has 2 aromatic rings. The van der Waals surface area contributed by atoms with E-state index in [1.54, 1.807) is 50.1 Å². The molecule has 0 saturated heterocycles. The Morgan fingerprint density at radius 3 is 2.40 bits per heavy atom. The zero-order valence-corrected chi connectivity index (χ0v) is 15.6. The zero-order valence-electron chi connectivity index (χ0n) is 14.8. The van der Waals surface area contributed by atoms with Gasteiger partial charge in [-0.15, -0.1) is 11.8 Å². The third-order valence-corrected chi connectivity index (χ3v) is 4.39. The molecule has 0 aliphatic rings. The number of hydrogen-bond donors (Lipinski definition) is 1. The van der Waals surface area contributed by atoms with E-state index in [-0.39, 0.29) is 18.4 Å². The number of likely N-dealkylation sites (N-methyl/N-ethyl adjacent to an activating group) is 1. The van der Waals surface area contributed by atoms with Gasteiger partial charge in [0.1, 0.15) is 5.75 Å². The first kappa shape index (κ1) is 18.9. The Kier molecular flexibility index (Phi) is 6.47. The van der Waals surface area contributed by atoms with Crippen molar-refractivity contribution in [2.24, 2.45) is 0 Å². The van der Waals surface area contributed by atoms with Crippen LogP contribution in [-0.2, 0) is 4.79 Å². The maximum atomic E-state index is 12.5. The highest BCUT2D eigenvalue weighted by Crippen LogP contribution is 2.21. The fourth-order valence-electron chi connectivity index (χ4n) is 2.08. The van der Waals surface area contributed by atoms with Crippen molar-refractivity contribution in [2.75, 3.05) is 32.3 Å². The Bertz CT molecular complexity index is 758. The maximum absolute atomic E-state index is 12.5. The van der Waals surface area contributed by atoms with E-state index in [1.165, 1.54) is 4.90 Å². The van der Waals surface area contributed by atoms with Crippen LogP contribution in [0, 0.1) is 6.92 Å². The van der Waals surface area contributed by atoms with Gasteiger partial charge in [0, 0.05) is 30.2 Å². The number of aryl methyl sites for hydroxylation is 1. The molecule has 0 bridgehead atoms. The molecule has 0 heterocycles. The van der Waals surface area contributed by atoms with Crippen molar-refractivity contribution in [1.29, 1.82) is 0 Å². The van der Waals surface area contributed by atoms with E-state index < -0.39 is 0 Å². The van der Waals surface area contributed by atoms with Gasteiger partial charge in [0.15, 0.2) is 6.61 Å². The number of rotatable bonds is 6. The number of amides is 2. The first-order valence-corrected chi connectivity index (χ1v) is 9.02. The van der Waals surface area contributed by atoms with Gasteiger partial charge in [-0.3, -0.25) is 9.59 Å². The molecule has 2 amide bonds. The third kappa shape index (κ3) is 5.26. The normalized spacial score (nSPS) is 10.2. The minimum Gasteiger partial charge on any atom is -0.484 e. The Balaban J connectivity index is 2.01. The molecule has 0 fully saturated rings. The second kappa shape index (κ2) is 8.58. The van der Waals surface area contributed by atoms with Crippen LogP contribution in [0.2, 0.25) is 0 Å². The lowest BCUT2D eigenvalue weighted by atomic mass is 10.1. The van der Waals surface area contributed by atoms with Crippen LogP contribution >= 0.6 is 11.8 Å². The van der Waals surface area contributed by atoms with Crippen molar-refractivity contribution in [3.05, 3.63) is 53.6 Å². The van der Waals surface area contributed by atoms with E-state index in [4.69, 9.17) is 4.74 Å². The number of thioether (sulfide) groups is 1. The van der Waals surface area contributed by atoms with E-state index in [2.05, 4.69) is 5.32 Å². The average molecular weight is 358 g/mol. The lowest BCUT2D eigenvalue weighted by Gasteiger charge is -2.12. The van der Waals surface area contributed by atoms with E-state index in [9.17, 15) is 9.59 Å². The van der Waals surface area contributed by atoms with Crippen LogP contribution in [-0.4, -0.2) is 43.7 Å². The molecular formula is C19H22N2O3S. The van der Waals surface area contributed by atoms with Gasteiger partial charge in [0.05, 0.1) is 0 Å². The van der Waals surface area contributed by atoms with Gasteiger partial charge in [0.2, 0.25) is 0 Å². The fourth-order valence-corrected chi connectivity index (χ4v) is 2.52. The van der Waals surface area contributed by atoms with Crippen molar-refractivity contribution >= 4 is 29.3 Å². The maximum Gasteiger partial charge on any atom is 0.259 e. The van der Waals surface area contributed by atoms with Crippen molar-refractivity contribution in [3.8, 4) is 5.75 Å². The molecule has 0 aliphatic heterocycles. The van der Waals surface area contributed by atoms with Crippen LogP contribution in [0.1, 0.15) is 15.9 Å². The number of nitrogens with zero attached hydrogens (tertiary/aromatic N) is 1. The number of benzene rings is 2. The first-order valence-electron chi connectivity index (χ1n) is 7.79. The summed E-state index contributed by atoms with van der Waals surface area (Å²) in [6, 6.07) is 12.8. The summed E-state index contributed by atoms with van der Waals surface area (Å²) in [6.45, 7) is 1.90. The standard InChI is InChI=1S/C19H22N2O3S/c1-13-5-10-16(25-4)11-17(13)19(23)20-14-6-8-15(9-7-14)24-12-18(22)21(2)3/h5-11H,12H2,1-4H3,(H,20,23). The lowest BCUT2D eigenvalue weighted by molar-refractivity contribution is -0.130. The second-order valence-electron chi connectivity index (χ2n) is 5.74. The summed E-state index contributed by atoms with van der Waals surface area (Å²) in [5, 5.41) is 2.88. The highest BCUT2D eigenvalue weighted by Gasteiger charge is 2.11. The number of nitrogens with one attached hydrogen (secondary N) is 1. The Morgan fingerprint density at radius 1 is 1.12 bits per heavy atom. The molecule has 0 radical (unpaired) electrons. The van der Waals surface area contributed by atoms with Crippen LogP contribution in [0.4, 0.5) is 5.69 Å². The van der Waals surface area contributed by atoms with Crippen molar-refractivity contribution in [2.45, 2.75) is 11.8 Å². The molecule has 0 unspecified atom stereocenters. The van der Waals surface area contributed by atoms with Crippen molar-refractivity contribution in [1.82, 2.24) is 4.90 Å². The molecule has 2 aromatic carbocycles. The minimum absolute atomic E-state index is 0.0145. The highest BCUT2D eigenvalue weighted by molar-refractivity contribution is 7.98. The van der Waals surface area contributed by atoms with Crippen LogP contribution in [0.15, 0.2) is 47.4 Å². The average Bonchev–Trinajstić information content (AvgIpc) is 2.61. The second-order valence-corrected chi connectivity index (χ2v) is 6.62. The van der Waals surface area contributed by atoms with E-state index in [0.29, 0.717) is 17.0 Å². The molecule has 5 nitrogen and oxygen atoms in total. The number of anilines is 1. The SMILES string of the molecule is CSc1ccc(C)c(C(=O)Nc2ccc(OCC(=O)N(C)C)cc2)c1. The van der Waals surface area contributed by atoms with Gasteiger partial charge < -0.3 is 15.0 Å². The van der Waals surface area contributed by atoms with E-state index >= 15 is 0 Å². The third-order valence-electron chi connectivity index (χ3n) is 3.66. The fraction of sp³-hybridized carbons (Fsp3) is 0.263. The van der Waals surface area contributed by atoms with Crippen LogP contribution in [0.3, 0.4) is 0 Å². The molecule has 6 heteroatoms. The summed E-state index contributed by atoms with van der Waals surface area (Å²) < 4.78 is 5.42. The zero-order chi connectivity index (χ0) is 18.4. The smallest absolute Gasteiger partial charge is 0.259 e. The summed E-state index contributed by atoms with van der Waals surface area (Å²) in [4.78, 5) is 26.5. The molecule has 0 aliphatic carbocycles. The van der Waals surface area contributed by atoms with Gasteiger partial charge in [0.25, 0.3) is 11.8 Å². The van der Waals surface area contributed by atoms with Gasteiger partial charge >= 0.3 is 0 Å². The van der Waals surface area contributed by atoms with Gasteiger partial charge in [-0.25, -0.2) is 0 Å². The number of carbonyl (C=O) groups is 2. The van der Waals surface area contributed by atoms with Gasteiger partial charge in [-0.05, 0) is 55.1 Å². The number of ether oxygens (including phenoxy) is 1. The topological polar surface area (TPSA) is 58.6 Å². The predicted octanol–water partition coefficient (Wildman–Crippen LogP) is 3.44. The summed E-state index contributed by atoms with van der Waals surface area (Å²) in [5.41, 5.74) is 2.26. The van der Waals surface area contributed by atoms with Crippen molar-refractivity contribution < 1.29 is 14.3 Å². The Labute approximate surface area is 152 Å². The monoisotopic (exact) mass is 358 g/mol. The summed E-state index contributed by atoms with van der Waals surface area (Å²) in [7, 11) is 3.36. The molecule has 1 N–H and O–H groups in total. The number of hydrogen-bond acceptors (Lipinski definition) is 4. The van der Waals surface area contributed by atoms with Gasteiger partial charge in [-0.2, -0.15) is 0 Å². The summed E-state index contributed by atoms with van der Waals surface area (Å²) in [6.07, 6.45) is 1.98. The summed E-state index contributed by atoms with van der Waals surface area (Å²) >= 11 is 1.60. The van der Waals surface area contributed by atoms with Crippen LogP contribution < -0.4 is 10.1 Å². The largest absolute Gasteiger partial charge is 0.484 e.